The molecular weight excluding hydrogens is 226 g/mol. The predicted molar refractivity (Wildman–Crippen MR) is 73.1 cm³/mol. The fourth-order valence-electron chi connectivity index (χ4n) is 2.28. The van der Waals surface area contributed by atoms with Crippen molar-refractivity contribution in [3.05, 3.63) is 23.8 Å². The summed E-state index contributed by atoms with van der Waals surface area (Å²) in [4.78, 5) is 0. The van der Waals surface area contributed by atoms with E-state index in [1.807, 2.05) is 18.2 Å². The van der Waals surface area contributed by atoms with Gasteiger partial charge in [-0.3, -0.25) is 0 Å². The first-order valence-corrected chi connectivity index (χ1v) is 6.66. The average molecular weight is 249 g/mol. The van der Waals surface area contributed by atoms with Crippen LogP contribution in [0.3, 0.4) is 0 Å². The lowest BCUT2D eigenvalue weighted by molar-refractivity contribution is 0.0722. The minimum absolute atomic E-state index is 0.0430. The summed E-state index contributed by atoms with van der Waals surface area (Å²) < 4.78 is 11.8. The highest BCUT2D eigenvalue weighted by Gasteiger charge is 2.31. The molecule has 1 aromatic rings. The fraction of sp³-hybridized carbons (Fsp3) is 0.600. The molecular formula is C15H23NO2. The Morgan fingerprint density at radius 2 is 2.22 bits per heavy atom. The van der Waals surface area contributed by atoms with Crippen LogP contribution in [0.15, 0.2) is 18.2 Å². The van der Waals surface area contributed by atoms with Crippen molar-refractivity contribution in [1.29, 1.82) is 0 Å². The van der Waals surface area contributed by atoms with Gasteiger partial charge in [0.1, 0.15) is 17.1 Å². The van der Waals surface area contributed by atoms with Crippen molar-refractivity contribution in [2.75, 3.05) is 0 Å². The first-order chi connectivity index (χ1) is 8.41. The van der Waals surface area contributed by atoms with Gasteiger partial charge in [-0.2, -0.15) is 0 Å². The van der Waals surface area contributed by atoms with E-state index in [0.29, 0.717) is 0 Å². The molecule has 1 heterocycles. The standard InChI is InChI=1S/C15H23NO2/c1-5-10(2)17-11-6-7-12-13(16)9-15(3,4)18-14(12)8-11/h6-8,10,13H,5,9,16H2,1-4H3. The molecule has 2 rings (SSSR count). The third kappa shape index (κ3) is 2.78. The zero-order valence-electron chi connectivity index (χ0n) is 11.7. The highest BCUT2D eigenvalue weighted by Crippen LogP contribution is 2.40. The van der Waals surface area contributed by atoms with E-state index in [-0.39, 0.29) is 17.7 Å². The third-order valence-corrected chi connectivity index (χ3v) is 3.39. The minimum Gasteiger partial charge on any atom is -0.491 e. The van der Waals surface area contributed by atoms with Crippen molar-refractivity contribution in [2.45, 2.75) is 58.3 Å². The van der Waals surface area contributed by atoms with Crippen LogP contribution in [0, 0.1) is 0 Å². The molecule has 0 spiro atoms. The van der Waals surface area contributed by atoms with E-state index in [1.165, 1.54) is 0 Å². The third-order valence-electron chi connectivity index (χ3n) is 3.39. The predicted octanol–water partition coefficient (Wildman–Crippen LogP) is 3.42. The fourth-order valence-corrected chi connectivity index (χ4v) is 2.28. The van der Waals surface area contributed by atoms with E-state index in [1.54, 1.807) is 0 Å². The smallest absolute Gasteiger partial charge is 0.128 e. The second-order valence-corrected chi connectivity index (χ2v) is 5.71. The van der Waals surface area contributed by atoms with Crippen LogP contribution in [0.25, 0.3) is 0 Å². The summed E-state index contributed by atoms with van der Waals surface area (Å²) in [6, 6.07) is 6.00. The Balaban J connectivity index is 2.26. The molecule has 0 aliphatic carbocycles. The Morgan fingerprint density at radius 3 is 2.89 bits per heavy atom. The summed E-state index contributed by atoms with van der Waals surface area (Å²) in [5, 5.41) is 0. The molecule has 0 aromatic heterocycles. The number of hydrogen-bond donors (Lipinski definition) is 1. The molecule has 0 saturated carbocycles. The van der Waals surface area contributed by atoms with Crippen molar-refractivity contribution >= 4 is 0 Å². The minimum atomic E-state index is -0.207. The summed E-state index contributed by atoms with van der Waals surface area (Å²) in [6.07, 6.45) is 2.04. The molecule has 2 N–H and O–H groups in total. The zero-order chi connectivity index (χ0) is 13.3. The molecule has 0 fully saturated rings. The number of ether oxygens (including phenoxy) is 2. The Kier molecular flexibility index (Phi) is 3.53. The molecule has 2 unspecified atom stereocenters. The second kappa shape index (κ2) is 4.81. The molecule has 1 aliphatic heterocycles. The van der Waals surface area contributed by atoms with E-state index in [2.05, 4.69) is 27.7 Å². The van der Waals surface area contributed by atoms with Gasteiger partial charge in [0.15, 0.2) is 0 Å². The summed E-state index contributed by atoms with van der Waals surface area (Å²) in [5.74, 6) is 1.72. The maximum Gasteiger partial charge on any atom is 0.128 e. The lowest BCUT2D eigenvalue weighted by Gasteiger charge is -2.36. The lowest BCUT2D eigenvalue weighted by atomic mass is 9.90. The summed E-state index contributed by atoms with van der Waals surface area (Å²) >= 11 is 0. The quantitative estimate of drug-likeness (QED) is 0.892. The van der Waals surface area contributed by atoms with Gasteiger partial charge in [0, 0.05) is 24.1 Å². The van der Waals surface area contributed by atoms with Crippen LogP contribution in [-0.2, 0) is 0 Å². The van der Waals surface area contributed by atoms with Gasteiger partial charge in [-0.05, 0) is 33.3 Å². The van der Waals surface area contributed by atoms with Crippen molar-refractivity contribution < 1.29 is 9.47 Å². The highest BCUT2D eigenvalue weighted by molar-refractivity contribution is 5.44. The molecule has 0 bridgehead atoms. The summed E-state index contributed by atoms with van der Waals surface area (Å²) in [5.41, 5.74) is 7.05. The number of hydrogen-bond acceptors (Lipinski definition) is 3. The zero-order valence-corrected chi connectivity index (χ0v) is 11.7. The van der Waals surface area contributed by atoms with Crippen LogP contribution in [-0.4, -0.2) is 11.7 Å². The van der Waals surface area contributed by atoms with Gasteiger partial charge < -0.3 is 15.2 Å². The monoisotopic (exact) mass is 249 g/mol. The second-order valence-electron chi connectivity index (χ2n) is 5.71. The largest absolute Gasteiger partial charge is 0.491 e. The van der Waals surface area contributed by atoms with Crippen molar-refractivity contribution in [1.82, 2.24) is 0 Å². The maximum atomic E-state index is 6.18. The highest BCUT2D eigenvalue weighted by atomic mass is 16.5. The summed E-state index contributed by atoms with van der Waals surface area (Å²) in [7, 11) is 0. The van der Waals surface area contributed by atoms with Crippen LogP contribution in [0.4, 0.5) is 0 Å². The molecule has 3 heteroatoms. The van der Waals surface area contributed by atoms with Gasteiger partial charge in [-0.15, -0.1) is 0 Å². The maximum absolute atomic E-state index is 6.18. The molecule has 3 nitrogen and oxygen atoms in total. The van der Waals surface area contributed by atoms with Crippen LogP contribution < -0.4 is 15.2 Å². The van der Waals surface area contributed by atoms with Crippen molar-refractivity contribution in [3.63, 3.8) is 0 Å². The summed E-state index contributed by atoms with van der Waals surface area (Å²) in [6.45, 7) is 8.31. The number of rotatable bonds is 3. The Hall–Kier alpha value is -1.22. The Bertz CT molecular complexity index is 429. The van der Waals surface area contributed by atoms with Gasteiger partial charge >= 0.3 is 0 Å². The van der Waals surface area contributed by atoms with E-state index in [4.69, 9.17) is 15.2 Å². The topological polar surface area (TPSA) is 44.5 Å². The molecule has 0 saturated heterocycles. The normalized spacial score (nSPS) is 22.8. The van der Waals surface area contributed by atoms with Crippen LogP contribution in [0.1, 0.15) is 52.1 Å². The van der Waals surface area contributed by atoms with Crippen LogP contribution in [0.2, 0.25) is 0 Å². The SMILES string of the molecule is CCC(C)Oc1ccc2c(c1)OC(C)(C)CC2N. The van der Waals surface area contributed by atoms with E-state index in [9.17, 15) is 0 Å². The van der Waals surface area contributed by atoms with Crippen LogP contribution in [0.5, 0.6) is 11.5 Å². The molecule has 1 aliphatic rings. The molecule has 0 radical (unpaired) electrons. The first-order valence-electron chi connectivity index (χ1n) is 6.66. The van der Waals surface area contributed by atoms with Crippen molar-refractivity contribution in [3.8, 4) is 11.5 Å². The van der Waals surface area contributed by atoms with Gasteiger partial charge in [0.2, 0.25) is 0 Å². The first kappa shape index (κ1) is 13.2. The Morgan fingerprint density at radius 1 is 1.50 bits per heavy atom. The average Bonchev–Trinajstić information content (AvgIpc) is 2.26. The molecule has 1 aromatic carbocycles. The number of fused-ring (bicyclic) bond motifs is 1. The Labute approximate surface area is 109 Å². The van der Waals surface area contributed by atoms with Crippen LogP contribution >= 0.6 is 0 Å². The molecule has 0 amide bonds. The van der Waals surface area contributed by atoms with Gasteiger partial charge in [-0.1, -0.05) is 13.0 Å². The molecule has 100 valence electrons. The number of benzene rings is 1. The van der Waals surface area contributed by atoms with E-state index < -0.39 is 0 Å². The lowest BCUT2D eigenvalue weighted by Crippen LogP contribution is -2.37. The van der Waals surface area contributed by atoms with E-state index in [0.717, 1.165) is 29.9 Å². The number of nitrogens with two attached hydrogens (primary N) is 1. The van der Waals surface area contributed by atoms with Gasteiger partial charge in [0.05, 0.1) is 6.10 Å². The van der Waals surface area contributed by atoms with Gasteiger partial charge in [-0.25, -0.2) is 0 Å². The molecule has 18 heavy (non-hydrogen) atoms. The van der Waals surface area contributed by atoms with Gasteiger partial charge in [0.25, 0.3) is 0 Å². The molecule has 2 atom stereocenters. The van der Waals surface area contributed by atoms with E-state index >= 15 is 0 Å². The van der Waals surface area contributed by atoms with Crippen molar-refractivity contribution in [2.24, 2.45) is 5.73 Å².